The fourth-order valence-electron chi connectivity index (χ4n) is 6.54. The van der Waals surface area contributed by atoms with Crippen LogP contribution in [0.1, 0.15) is 68.8 Å². The van der Waals surface area contributed by atoms with E-state index >= 15 is 0 Å². The summed E-state index contributed by atoms with van der Waals surface area (Å²) in [4.78, 5) is 27.1. The van der Waals surface area contributed by atoms with E-state index in [1.54, 1.807) is 6.07 Å². The molecule has 5 rings (SSSR count). The SMILES string of the molecule is CCC1CC2CCC(NC3CCN(C(=O)CNC(=O)c4cc(-c5ccccc5)n[nH]4)CC3)C(C1)C2. The lowest BCUT2D eigenvalue weighted by Gasteiger charge is -2.46. The Kier molecular flexibility index (Phi) is 7.51. The normalized spacial score (nSPS) is 26.9. The number of amides is 2. The molecule has 3 N–H and O–H groups in total. The van der Waals surface area contributed by atoms with E-state index in [2.05, 4.69) is 27.8 Å². The Morgan fingerprint density at radius 1 is 1.06 bits per heavy atom. The van der Waals surface area contributed by atoms with Crippen LogP contribution >= 0.6 is 0 Å². The number of H-pyrrole nitrogens is 1. The minimum Gasteiger partial charge on any atom is -0.342 e. The van der Waals surface area contributed by atoms with Gasteiger partial charge in [0, 0.05) is 30.7 Å². The number of benzene rings is 1. The van der Waals surface area contributed by atoms with E-state index in [1.165, 1.54) is 38.5 Å². The molecular formula is C28H39N5O2. The maximum Gasteiger partial charge on any atom is 0.269 e. The van der Waals surface area contributed by atoms with Crippen LogP contribution in [0.2, 0.25) is 0 Å². The molecule has 7 nitrogen and oxygen atoms in total. The second kappa shape index (κ2) is 10.9. The molecule has 1 aliphatic heterocycles. The van der Waals surface area contributed by atoms with Crippen LogP contribution in [0.3, 0.4) is 0 Å². The van der Waals surface area contributed by atoms with E-state index in [1.807, 2.05) is 35.2 Å². The number of aromatic amines is 1. The number of piperidine rings is 1. The highest BCUT2D eigenvalue weighted by Crippen LogP contribution is 2.43. The number of hydrogen-bond acceptors (Lipinski definition) is 4. The summed E-state index contributed by atoms with van der Waals surface area (Å²) in [5, 5.41) is 13.7. The third kappa shape index (κ3) is 5.77. The van der Waals surface area contributed by atoms with Gasteiger partial charge in [0.25, 0.3) is 5.91 Å². The van der Waals surface area contributed by atoms with Crippen LogP contribution in [-0.4, -0.2) is 58.6 Å². The number of hydrogen-bond donors (Lipinski definition) is 3. The molecule has 1 aromatic carbocycles. The smallest absolute Gasteiger partial charge is 0.269 e. The molecule has 7 heteroatoms. The molecule has 2 heterocycles. The molecular weight excluding hydrogens is 438 g/mol. The van der Waals surface area contributed by atoms with Crippen molar-refractivity contribution in [3.8, 4) is 11.3 Å². The Bertz CT molecular complexity index is 998. The molecule has 2 bridgehead atoms. The summed E-state index contributed by atoms with van der Waals surface area (Å²) >= 11 is 0. The van der Waals surface area contributed by atoms with E-state index in [0.717, 1.165) is 49.2 Å². The summed E-state index contributed by atoms with van der Waals surface area (Å²) in [6.45, 7) is 3.87. The number of likely N-dealkylation sites (tertiary alicyclic amines) is 1. The highest BCUT2D eigenvalue weighted by molar-refractivity contribution is 5.95. The molecule has 2 amide bonds. The van der Waals surface area contributed by atoms with Gasteiger partial charge in [0.2, 0.25) is 5.91 Å². The Morgan fingerprint density at radius 3 is 2.63 bits per heavy atom. The van der Waals surface area contributed by atoms with Gasteiger partial charge in [0.1, 0.15) is 5.69 Å². The molecule has 0 radical (unpaired) electrons. The van der Waals surface area contributed by atoms with Gasteiger partial charge in [-0.05, 0) is 68.8 Å². The Morgan fingerprint density at radius 2 is 1.86 bits per heavy atom. The first-order valence-electron chi connectivity index (χ1n) is 13.5. The molecule has 188 valence electrons. The molecule has 3 fully saturated rings. The van der Waals surface area contributed by atoms with Crippen LogP contribution in [0, 0.1) is 17.8 Å². The predicted molar refractivity (Wildman–Crippen MR) is 137 cm³/mol. The fourth-order valence-corrected chi connectivity index (χ4v) is 6.54. The van der Waals surface area contributed by atoms with Gasteiger partial charge in [-0.25, -0.2) is 0 Å². The maximum atomic E-state index is 12.7. The molecule has 1 saturated heterocycles. The zero-order valence-corrected chi connectivity index (χ0v) is 20.8. The predicted octanol–water partition coefficient (Wildman–Crippen LogP) is 3.99. The highest BCUT2D eigenvalue weighted by Gasteiger charge is 2.38. The lowest BCUT2D eigenvalue weighted by atomic mass is 9.65. The van der Waals surface area contributed by atoms with Crippen molar-refractivity contribution < 1.29 is 9.59 Å². The van der Waals surface area contributed by atoms with Gasteiger partial charge in [-0.3, -0.25) is 14.7 Å². The van der Waals surface area contributed by atoms with Gasteiger partial charge in [0.05, 0.1) is 12.2 Å². The van der Waals surface area contributed by atoms with E-state index in [0.29, 0.717) is 23.5 Å². The molecule has 2 saturated carbocycles. The van der Waals surface area contributed by atoms with Gasteiger partial charge >= 0.3 is 0 Å². The standard InChI is InChI=1S/C28H39N5O2/c1-2-19-14-20-8-9-24(22(15-19)16-20)30-23-10-12-33(13-11-23)27(34)18-29-28(35)26-17-25(31-32-26)21-6-4-3-5-7-21/h3-7,17,19-20,22-24,30H,2,8-16,18H2,1H3,(H,29,35)(H,31,32). The summed E-state index contributed by atoms with van der Waals surface area (Å²) in [5.74, 6) is 2.39. The first kappa shape index (κ1) is 24.0. The zero-order valence-electron chi connectivity index (χ0n) is 20.8. The van der Waals surface area contributed by atoms with Crippen LogP contribution in [0.25, 0.3) is 11.3 Å². The van der Waals surface area contributed by atoms with E-state index < -0.39 is 0 Å². The van der Waals surface area contributed by atoms with Crippen molar-refractivity contribution in [1.82, 2.24) is 25.7 Å². The highest BCUT2D eigenvalue weighted by atomic mass is 16.2. The van der Waals surface area contributed by atoms with Crippen LogP contribution in [0.5, 0.6) is 0 Å². The number of nitrogens with one attached hydrogen (secondary N) is 3. The lowest BCUT2D eigenvalue weighted by Crippen LogP contribution is -2.53. The van der Waals surface area contributed by atoms with E-state index in [4.69, 9.17) is 0 Å². The number of nitrogens with zero attached hydrogens (tertiary/aromatic N) is 2. The summed E-state index contributed by atoms with van der Waals surface area (Å²) < 4.78 is 0. The number of rotatable bonds is 7. The Labute approximate surface area is 208 Å². The van der Waals surface area contributed by atoms with E-state index in [-0.39, 0.29) is 18.4 Å². The van der Waals surface area contributed by atoms with Crippen LogP contribution in [0.15, 0.2) is 36.4 Å². The zero-order chi connectivity index (χ0) is 24.2. The second-order valence-electron chi connectivity index (χ2n) is 10.8. The van der Waals surface area contributed by atoms with Crippen molar-refractivity contribution in [2.24, 2.45) is 17.8 Å². The van der Waals surface area contributed by atoms with Crippen LogP contribution < -0.4 is 10.6 Å². The van der Waals surface area contributed by atoms with Crippen molar-refractivity contribution in [3.05, 3.63) is 42.1 Å². The van der Waals surface area contributed by atoms with Crippen molar-refractivity contribution in [3.63, 3.8) is 0 Å². The second-order valence-corrected chi connectivity index (χ2v) is 10.8. The number of carbonyl (C=O) groups excluding carboxylic acids is 2. The van der Waals surface area contributed by atoms with Crippen molar-refractivity contribution in [2.45, 2.75) is 70.4 Å². The van der Waals surface area contributed by atoms with Gasteiger partial charge < -0.3 is 15.5 Å². The summed E-state index contributed by atoms with van der Waals surface area (Å²) in [5.41, 5.74) is 2.02. The van der Waals surface area contributed by atoms with Gasteiger partial charge in [-0.1, -0.05) is 43.7 Å². The minimum absolute atomic E-state index is 0.0150. The van der Waals surface area contributed by atoms with Gasteiger partial charge in [-0.2, -0.15) is 5.10 Å². The third-order valence-electron chi connectivity index (χ3n) is 8.56. The monoisotopic (exact) mass is 477 g/mol. The molecule has 3 aliphatic rings. The molecule has 2 aromatic rings. The maximum absolute atomic E-state index is 12.7. The fraction of sp³-hybridized carbons (Fsp3) is 0.607. The molecule has 0 spiro atoms. The average molecular weight is 478 g/mol. The van der Waals surface area contributed by atoms with Crippen molar-refractivity contribution >= 4 is 11.8 Å². The largest absolute Gasteiger partial charge is 0.342 e. The summed E-state index contributed by atoms with van der Waals surface area (Å²) in [6, 6.07) is 12.6. The number of fused-ring (bicyclic) bond motifs is 2. The topological polar surface area (TPSA) is 90.1 Å². The Hall–Kier alpha value is -2.67. The quantitative estimate of drug-likeness (QED) is 0.562. The molecule has 1 aromatic heterocycles. The molecule has 35 heavy (non-hydrogen) atoms. The van der Waals surface area contributed by atoms with Gasteiger partial charge in [0.15, 0.2) is 0 Å². The van der Waals surface area contributed by atoms with Crippen molar-refractivity contribution in [1.29, 1.82) is 0 Å². The van der Waals surface area contributed by atoms with Crippen LogP contribution in [0.4, 0.5) is 0 Å². The summed E-state index contributed by atoms with van der Waals surface area (Å²) in [6.07, 6.45) is 10.3. The number of aromatic nitrogens is 2. The minimum atomic E-state index is -0.307. The first-order valence-corrected chi connectivity index (χ1v) is 13.5. The lowest BCUT2D eigenvalue weighted by molar-refractivity contribution is -0.131. The Balaban J connectivity index is 1.05. The third-order valence-corrected chi connectivity index (χ3v) is 8.56. The van der Waals surface area contributed by atoms with E-state index in [9.17, 15) is 9.59 Å². The average Bonchev–Trinajstić information content (AvgIpc) is 3.40. The number of carbonyl (C=O) groups is 2. The molecule has 2 aliphatic carbocycles. The molecule has 4 unspecified atom stereocenters. The van der Waals surface area contributed by atoms with Gasteiger partial charge in [-0.15, -0.1) is 0 Å². The van der Waals surface area contributed by atoms with Crippen molar-refractivity contribution in [2.75, 3.05) is 19.6 Å². The first-order chi connectivity index (χ1) is 17.1. The molecule has 4 atom stereocenters. The summed E-state index contributed by atoms with van der Waals surface area (Å²) in [7, 11) is 0. The van der Waals surface area contributed by atoms with Crippen LogP contribution in [-0.2, 0) is 4.79 Å².